The number of nitrogens with two attached hydrogens (primary N) is 1. The van der Waals surface area contributed by atoms with Gasteiger partial charge < -0.3 is 16.0 Å². The topological polar surface area (TPSA) is 87.8 Å². The summed E-state index contributed by atoms with van der Waals surface area (Å²) < 4.78 is 0. The molecule has 0 spiro atoms. The van der Waals surface area contributed by atoms with Crippen molar-refractivity contribution < 1.29 is 4.79 Å². The molecule has 3 atom stereocenters. The summed E-state index contributed by atoms with van der Waals surface area (Å²) in [4.78, 5) is 23.7. The Morgan fingerprint density at radius 2 is 2.33 bits per heavy atom. The van der Waals surface area contributed by atoms with Gasteiger partial charge in [0.05, 0.1) is 0 Å². The Hall–Kier alpha value is -1.08. The average Bonchev–Trinajstić information content (AvgIpc) is 2.33. The van der Waals surface area contributed by atoms with Crippen molar-refractivity contribution in [3.05, 3.63) is 16.8 Å². The van der Waals surface area contributed by atoms with E-state index in [0.29, 0.717) is 5.92 Å². The van der Waals surface area contributed by atoms with Gasteiger partial charge in [0.25, 0.3) is 5.91 Å². The Balaban J connectivity index is 2.01. The second-order valence-corrected chi connectivity index (χ2v) is 5.43. The quantitative estimate of drug-likeness (QED) is 0.522. The number of nitrogens with one attached hydrogen (secondary N) is 1. The molecule has 1 heterocycles. The standard InChI is InChI=1S/C11H18N4O2S/c12-8-3-1-2-7(4-8)5-15-6-9(14-17)10(16)13-11(15)18/h6-8,11,18H,1-5,12H2,(H,13,16). The smallest absolute Gasteiger partial charge is 0.277 e. The van der Waals surface area contributed by atoms with Crippen LogP contribution in [0.4, 0.5) is 0 Å². The highest BCUT2D eigenvalue weighted by Crippen LogP contribution is 2.26. The highest BCUT2D eigenvalue weighted by atomic mass is 32.1. The van der Waals surface area contributed by atoms with Gasteiger partial charge in [-0.2, -0.15) is 0 Å². The molecule has 18 heavy (non-hydrogen) atoms. The number of carbonyl (C=O) groups excluding carboxylic acids is 1. The third kappa shape index (κ3) is 3.02. The third-order valence-corrected chi connectivity index (χ3v) is 3.91. The van der Waals surface area contributed by atoms with Crippen LogP contribution in [0, 0.1) is 10.8 Å². The number of rotatable bonds is 3. The second-order valence-electron chi connectivity index (χ2n) is 4.94. The van der Waals surface area contributed by atoms with Gasteiger partial charge in [0.15, 0.2) is 5.70 Å². The lowest BCUT2D eigenvalue weighted by molar-refractivity contribution is -0.119. The molecule has 0 aromatic heterocycles. The Bertz CT molecular complexity index is 374. The van der Waals surface area contributed by atoms with Gasteiger partial charge in [-0.05, 0) is 30.4 Å². The van der Waals surface area contributed by atoms with Gasteiger partial charge in [-0.3, -0.25) is 4.79 Å². The van der Waals surface area contributed by atoms with Crippen molar-refractivity contribution >= 4 is 18.5 Å². The maximum Gasteiger partial charge on any atom is 0.277 e. The molecule has 7 heteroatoms. The van der Waals surface area contributed by atoms with Gasteiger partial charge in [0, 0.05) is 18.8 Å². The lowest BCUT2D eigenvalue weighted by atomic mass is 9.86. The molecular weight excluding hydrogens is 252 g/mol. The summed E-state index contributed by atoms with van der Waals surface area (Å²) >= 11 is 4.29. The van der Waals surface area contributed by atoms with E-state index in [1.54, 1.807) is 0 Å². The van der Waals surface area contributed by atoms with Crippen molar-refractivity contribution in [3.8, 4) is 0 Å². The zero-order valence-electron chi connectivity index (χ0n) is 10.1. The molecule has 0 aromatic carbocycles. The second kappa shape index (κ2) is 5.71. The first-order valence-electron chi connectivity index (χ1n) is 6.15. The number of amides is 1. The molecule has 0 saturated heterocycles. The zero-order valence-corrected chi connectivity index (χ0v) is 11.0. The van der Waals surface area contributed by atoms with Gasteiger partial charge in [-0.1, -0.05) is 6.42 Å². The van der Waals surface area contributed by atoms with Crippen LogP contribution in [0.1, 0.15) is 25.7 Å². The summed E-state index contributed by atoms with van der Waals surface area (Å²) in [5.74, 6) is 0.00384. The van der Waals surface area contributed by atoms with Gasteiger partial charge in [0.1, 0.15) is 5.50 Å². The number of carbonyl (C=O) groups is 1. The van der Waals surface area contributed by atoms with Crippen molar-refractivity contribution in [1.82, 2.24) is 10.2 Å². The van der Waals surface area contributed by atoms with E-state index in [1.165, 1.54) is 6.20 Å². The fraction of sp³-hybridized carbons (Fsp3) is 0.727. The first-order chi connectivity index (χ1) is 8.60. The fourth-order valence-corrected chi connectivity index (χ4v) is 2.85. The van der Waals surface area contributed by atoms with E-state index in [-0.39, 0.29) is 11.7 Å². The van der Waals surface area contributed by atoms with Crippen molar-refractivity contribution in [3.63, 3.8) is 0 Å². The molecule has 0 bridgehead atoms. The molecule has 100 valence electrons. The molecule has 3 unspecified atom stereocenters. The molecular formula is C11H18N4O2S. The molecule has 3 N–H and O–H groups in total. The molecule has 1 amide bonds. The van der Waals surface area contributed by atoms with E-state index in [0.717, 1.165) is 32.2 Å². The number of nitrogens with zero attached hydrogens (tertiary/aromatic N) is 2. The minimum atomic E-state index is -0.471. The predicted octanol–water partition coefficient (Wildman–Crippen LogP) is 0.757. The van der Waals surface area contributed by atoms with Crippen molar-refractivity contribution in [1.29, 1.82) is 0 Å². The minimum Gasteiger partial charge on any atom is -0.347 e. The van der Waals surface area contributed by atoms with Gasteiger partial charge >= 0.3 is 0 Å². The van der Waals surface area contributed by atoms with E-state index >= 15 is 0 Å². The SMILES string of the molecule is NC1CCCC(CN2C=C(N=O)C(=O)NC2S)C1. The lowest BCUT2D eigenvalue weighted by Gasteiger charge is -2.36. The summed E-state index contributed by atoms with van der Waals surface area (Å²) in [7, 11) is 0. The molecule has 1 fully saturated rings. The largest absolute Gasteiger partial charge is 0.347 e. The third-order valence-electron chi connectivity index (χ3n) is 3.49. The number of thiol groups is 1. The molecule has 1 aliphatic heterocycles. The molecule has 6 nitrogen and oxygen atoms in total. The van der Waals surface area contributed by atoms with E-state index in [1.807, 2.05) is 4.90 Å². The number of hydrogen-bond acceptors (Lipinski definition) is 6. The van der Waals surface area contributed by atoms with Crippen LogP contribution in [0.5, 0.6) is 0 Å². The van der Waals surface area contributed by atoms with Gasteiger partial charge in [-0.15, -0.1) is 17.5 Å². The van der Waals surface area contributed by atoms with E-state index in [4.69, 9.17) is 5.73 Å². The Kier molecular flexibility index (Phi) is 4.23. The average molecular weight is 270 g/mol. The first kappa shape index (κ1) is 13.4. The van der Waals surface area contributed by atoms with Crippen LogP contribution in [0.25, 0.3) is 0 Å². The summed E-state index contributed by atoms with van der Waals surface area (Å²) in [5, 5.41) is 5.31. The van der Waals surface area contributed by atoms with E-state index in [2.05, 4.69) is 23.1 Å². The van der Waals surface area contributed by atoms with Gasteiger partial charge in [0.2, 0.25) is 0 Å². The summed E-state index contributed by atoms with van der Waals surface area (Å²) in [5.41, 5.74) is 5.45. The highest BCUT2D eigenvalue weighted by Gasteiger charge is 2.28. The first-order valence-corrected chi connectivity index (χ1v) is 6.67. The molecule has 2 aliphatic rings. The van der Waals surface area contributed by atoms with Crippen LogP contribution in [0.2, 0.25) is 0 Å². The van der Waals surface area contributed by atoms with Crippen molar-refractivity contribution in [2.75, 3.05) is 6.54 Å². The van der Waals surface area contributed by atoms with Gasteiger partial charge in [-0.25, -0.2) is 0 Å². The van der Waals surface area contributed by atoms with E-state index in [9.17, 15) is 9.70 Å². The Morgan fingerprint density at radius 3 is 3.00 bits per heavy atom. The highest BCUT2D eigenvalue weighted by molar-refractivity contribution is 7.80. The fourth-order valence-electron chi connectivity index (χ4n) is 2.57. The lowest BCUT2D eigenvalue weighted by Crippen LogP contribution is -2.49. The predicted molar refractivity (Wildman–Crippen MR) is 71.4 cm³/mol. The summed E-state index contributed by atoms with van der Waals surface area (Å²) in [6, 6.07) is 0.258. The van der Waals surface area contributed by atoms with Crippen LogP contribution < -0.4 is 11.1 Å². The molecule has 1 saturated carbocycles. The molecule has 0 aromatic rings. The number of hydrogen-bond donors (Lipinski definition) is 3. The summed E-state index contributed by atoms with van der Waals surface area (Å²) in [6.07, 6.45) is 5.79. The van der Waals surface area contributed by atoms with E-state index < -0.39 is 11.4 Å². The number of nitroso groups, excluding NO2 is 1. The normalized spacial score (nSPS) is 32.8. The maximum atomic E-state index is 11.4. The monoisotopic (exact) mass is 270 g/mol. The molecule has 2 rings (SSSR count). The van der Waals surface area contributed by atoms with Crippen LogP contribution in [-0.2, 0) is 4.79 Å². The minimum absolute atomic E-state index is 0.0968. The molecule has 1 aliphatic carbocycles. The molecule has 0 radical (unpaired) electrons. The summed E-state index contributed by atoms with van der Waals surface area (Å²) in [6.45, 7) is 0.737. The van der Waals surface area contributed by atoms with Crippen LogP contribution in [0.3, 0.4) is 0 Å². The van der Waals surface area contributed by atoms with Crippen LogP contribution in [0.15, 0.2) is 17.1 Å². The van der Waals surface area contributed by atoms with Crippen molar-refractivity contribution in [2.45, 2.75) is 37.2 Å². The Labute approximate surface area is 111 Å². The van der Waals surface area contributed by atoms with Crippen LogP contribution >= 0.6 is 12.6 Å². The maximum absolute atomic E-state index is 11.4. The van der Waals surface area contributed by atoms with Crippen molar-refractivity contribution in [2.24, 2.45) is 16.8 Å². The Morgan fingerprint density at radius 1 is 1.56 bits per heavy atom. The zero-order chi connectivity index (χ0) is 13.1. The van der Waals surface area contributed by atoms with Crippen LogP contribution in [-0.4, -0.2) is 28.9 Å².